The van der Waals surface area contributed by atoms with E-state index in [1.165, 1.54) is 33.3 Å². The molecule has 5 rings (SSSR count). The highest BCUT2D eigenvalue weighted by molar-refractivity contribution is 5.93. The Balaban J connectivity index is 1.21. The van der Waals surface area contributed by atoms with Gasteiger partial charge in [0.25, 0.3) is 0 Å². The van der Waals surface area contributed by atoms with Crippen LogP contribution in [0.3, 0.4) is 0 Å². The Morgan fingerprint density at radius 2 is 0.930 bits per heavy atom. The highest BCUT2D eigenvalue weighted by Crippen LogP contribution is 2.32. The second kappa shape index (κ2) is 37.2. The van der Waals surface area contributed by atoms with E-state index in [9.17, 15) is 47.9 Å². The van der Waals surface area contributed by atoms with Crippen LogP contribution in [-0.2, 0) is 77.1 Å². The van der Waals surface area contributed by atoms with Crippen LogP contribution in [0.25, 0.3) is 0 Å². The summed E-state index contributed by atoms with van der Waals surface area (Å²) in [5, 5.41) is 16.5. The summed E-state index contributed by atoms with van der Waals surface area (Å²) in [5.74, 6) is -4.93. The van der Waals surface area contributed by atoms with E-state index in [1.54, 1.807) is 97.1 Å². The Kier molecular flexibility index (Phi) is 29.2. The molecule has 0 aromatic heterocycles. The SMILES string of the molecule is COC(=O)[C@H](CCCCNC(=O)CN(CC(=O)CNc1ccc(OC)cc1)C(=O)C1CCCC(C(=O)N(CC(=O)NCCCC[C@H](NC(=O)OCc2ccccc2)C(=O)OC)CC(=O)NCc2ccc(OC)cc2)C1)NC(=O)OCc1ccccc1. The minimum absolute atomic E-state index is 0.00402. The van der Waals surface area contributed by atoms with Crippen molar-refractivity contribution in [3.8, 4) is 11.5 Å². The largest absolute Gasteiger partial charge is 0.497 e. The molecule has 0 radical (unpaired) electrons. The maximum absolute atomic E-state index is 14.6. The first-order chi connectivity index (χ1) is 41.6. The first-order valence-corrected chi connectivity index (χ1v) is 28.6. The molecular formula is C62H80N8O16. The Labute approximate surface area is 501 Å². The van der Waals surface area contributed by atoms with Crippen molar-refractivity contribution in [3.63, 3.8) is 0 Å². The number of ether oxygens (including phenoxy) is 6. The fourth-order valence-corrected chi connectivity index (χ4v) is 9.39. The van der Waals surface area contributed by atoms with Crippen molar-refractivity contribution in [3.05, 3.63) is 126 Å². The molecule has 4 aromatic carbocycles. The van der Waals surface area contributed by atoms with Crippen molar-refractivity contribution in [2.24, 2.45) is 11.8 Å². The Hall–Kier alpha value is -9.22. The van der Waals surface area contributed by atoms with Crippen molar-refractivity contribution in [1.29, 1.82) is 0 Å². The van der Waals surface area contributed by atoms with Crippen LogP contribution in [0.4, 0.5) is 15.3 Å². The molecule has 1 saturated carbocycles. The molecule has 86 heavy (non-hydrogen) atoms. The zero-order valence-corrected chi connectivity index (χ0v) is 49.3. The molecule has 1 aliphatic carbocycles. The predicted molar refractivity (Wildman–Crippen MR) is 315 cm³/mol. The van der Waals surface area contributed by atoms with Crippen molar-refractivity contribution >= 4 is 65.1 Å². The van der Waals surface area contributed by atoms with Gasteiger partial charge in [-0.1, -0.05) is 79.2 Å². The van der Waals surface area contributed by atoms with Crippen molar-refractivity contribution in [2.75, 3.05) is 79.6 Å². The minimum atomic E-state index is -1.02. The number of esters is 2. The monoisotopic (exact) mass is 1190 g/mol. The lowest BCUT2D eigenvalue weighted by Crippen LogP contribution is -2.50. The summed E-state index contributed by atoms with van der Waals surface area (Å²) in [5.41, 5.74) is 2.88. The highest BCUT2D eigenvalue weighted by Gasteiger charge is 2.37. The Bertz CT molecular complexity index is 2640. The van der Waals surface area contributed by atoms with Gasteiger partial charge in [0.1, 0.15) is 49.9 Å². The smallest absolute Gasteiger partial charge is 0.408 e. The number of ketones is 1. The topological polar surface area (TPSA) is 305 Å². The van der Waals surface area contributed by atoms with Crippen LogP contribution >= 0.6 is 0 Å². The standard InChI is InChI=1S/C62H80N8O16/c1-81-50-28-24-43(25-29-50)35-66-56(74)40-70(39-55(73)64-33-14-12-23-53(60(78)84-4)68-62(80)86-42-45-18-9-6-10-19-45)58(76)47-21-15-20-46(34-47)57(75)69(37-49(71)36-65-48-26-30-51(82-2)31-27-48)38-54(72)63-32-13-11-22-52(59(77)83-3)67-61(79)85-41-44-16-7-5-8-17-44/h5-10,16-19,24-31,46-47,52-53,65H,11-15,20-23,32-42H2,1-4H3,(H,63,72)(H,64,73)(H,66,74)(H,67,79)(H,68,80)/t46?,47?,52-,53-/m0/s1. The molecule has 7 amide bonds. The van der Waals surface area contributed by atoms with Gasteiger partial charge in [-0.15, -0.1) is 0 Å². The van der Waals surface area contributed by atoms with E-state index in [-0.39, 0.29) is 58.7 Å². The van der Waals surface area contributed by atoms with E-state index in [4.69, 9.17) is 28.4 Å². The van der Waals surface area contributed by atoms with Crippen LogP contribution in [0, 0.1) is 11.8 Å². The second-order valence-corrected chi connectivity index (χ2v) is 20.4. The van der Waals surface area contributed by atoms with E-state index < -0.39 is 110 Å². The van der Waals surface area contributed by atoms with Crippen LogP contribution in [-0.4, -0.2) is 156 Å². The molecule has 4 atom stereocenters. The lowest BCUT2D eigenvalue weighted by atomic mass is 9.80. The third-order valence-electron chi connectivity index (χ3n) is 14.1. The fourth-order valence-electron chi connectivity index (χ4n) is 9.39. The number of unbranched alkanes of at least 4 members (excludes halogenated alkanes) is 2. The number of amides is 7. The van der Waals surface area contributed by atoms with Gasteiger partial charge < -0.3 is 70.1 Å². The number of nitrogens with zero attached hydrogens (tertiary/aromatic N) is 2. The lowest BCUT2D eigenvalue weighted by Gasteiger charge is -2.34. The number of anilines is 1. The van der Waals surface area contributed by atoms with Crippen LogP contribution in [0.15, 0.2) is 109 Å². The Morgan fingerprint density at radius 1 is 0.500 bits per heavy atom. The van der Waals surface area contributed by atoms with Crippen molar-refractivity contribution < 1.29 is 76.4 Å². The summed E-state index contributed by atoms with van der Waals surface area (Å²) in [6.07, 6.45) is 1.24. The molecule has 2 unspecified atom stereocenters. The summed E-state index contributed by atoms with van der Waals surface area (Å²) in [4.78, 5) is 136. The fraction of sp³-hybridized carbons (Fsp3) is 0.452. The first kappa shape index (κ1) is 67.6. The molecule has 6 N–H and O–H groups in total. The van der Waals surface area contributed by atoms with Crippen LogP contribution in [0.2, 0.25) is 0 Å². The zero-order valence-electron chi connectivity index (χ0n) is 49.3. The van der Waals surface area contributed by atoms with Gasteiger partial charge >= 0.3 is 24.1 Å². The van der Waals surface area contributed by atoms with Gasteiger partial charge in [0.2, 0.25) is 29.5 Å². The summed E-state index contributed by atoms with van der Waals surface area (Å²) >= 11 is 0. The van der Waals surface area contributed by atoms with E-state index in [0.717, 1.165) is 21.6 Å². The normalized spacial score (nSPS) is 14.0. The Morgan fingerprint density at radius 3 is 1.37 bits per heavy atom. The summed E-state index contributed by atoms with van der Waals surface area (Å²) in [6.45, 7) is -1.78. The maximum atomic E-state index is 14.6. The second-order valence-electron chi connectivity index (χ2n) is 20.4. The van der Waals surface area contributed by atoms with Crippen molar-refractivity contribution in [1.82, 2.24) is 36.4 Å². The first-order valence-electron chi connectivity index (χ1n) is 28.6. The van der Waals surface area contributed by atoms with Crippen LogP contribution in [0.1, 0.15) is 80.9 Å². The van der Waals surface area contributed by atoms with Crippen LogP contribution in [0.5, 0.6) is 11.5 Å². The molecule has 0 aliphatic heterocycles. The van der Waals surface area contributed by atoms with Gasteiger partial charge in [0.15, 0.2) is 5.78 Å². The summed E-state index contributed by atoms with van der Waals surface area (Å²) < 4.78 is 30.8. The van der Waals surface area contributed by atoms with E-state index in [0.29, 0.717) is 62.1 Å². The molecule has 464 valence electrons. The quantitative estimate of drug-likeness (QED) is 0.0201. The highest BCUT2D eigenvalue weighted by atomic mass is 16.6. The third kappa shape index (κ3) is 24.5. The molecule has 24 nitrogen and oxygen atoms in total. The number of benzene rings is 4. The number of hydrogen-bond acceptors (Lipinski definition) is 17. The molecule has 0 saturated heterocycles. The summed E-state index contributed by atoms with van der Waals surface area (Å²) in [7, 11) is 5.46. The van der Waals surface area contributed by atoms with Gasteiger partial charge in [-0.05, 0) is 111 Å². The molecular weight excluding hydrogens is 1110 g/mol. The van der Waals surface area contributed by atoms with Crippen molar-refractivity contribution in [2.45, 2.75) is 96.1 Å². The van der Waals surface area contributed by atoms with Gasteiger partial charge in [-0.2, -0.15) is 0 Å². The van der Waals surface area contributed by atoms with Gasteiger partial charge in [0, 0.05) is 37.2 Å². The molecule has 0 spiro atoms. The molecule has 1 fully saturated rings. The lowest BCUT2D eigenvalue weighted by molar-refractivity contribution is -0.147. The third-order valence-corrected chi connectivity index (χ3v) is 14.1. The van der Waals surface area contributed by atoms with Gasteiger partial charge in [-0.3, -0.25) is 28.8 Å². The number of nitrogens with one attached hydrogen (secondary N) is 6. The number of carbonyl (C=O) groups is 10. The number of methoxy groups -OCH3 is 4. The minimum Gasteiger partial charge on any atom is -0.497 e. The molecule has 4 aromatic rings. The molecule has 0 heterocycles. The van der Waals surface area contributed by atoms with Gasteiger partial charge in [0.05, 0.1) is 48.1 Å². The van der Waals surface area contributed by atoms with E-state index in [1.807, 2.05) is 12.1 Å². The van der Waals surface area contributed by atoms with Gasteiger partial charge in [-0.25, -0.2) is 19.2 Å². The van der Waals surface area contributed by atoms with Crippen LogP contribution < -0.4 is 41.4 Å². The average Bonchev–Trinajstić information content (AvgIpc) is 3.44. The average molecular weight is 1190 g/mol. The summed E-state index contributed by atoms with van der Waals surface area (Å²) in [6, 6.07) is 29.9. The molecule has 24 heteroatoms. The number of rotatable bonds is 35. The number of hydrogen-bond donors (Lipinski definition) is 6. The molecule has 0 bridgehead atoms. The predicted octanol–water partition coefficient (Wildman–Crippen LogP) is 4.97. The number of carbonyl (C=O) groups excluding carboxylic acids is 10. The molecule has 1 aliphatic rings. The zero-order chi connectivity index (χ0) is 62.1. The number of alkyl carbamates (subject to hydrolysis) is 2. The van der Waals surface area contributed by atoms with E-state index >= 15 is 0 Å². The number of Topliss-reactive ketones (excluding diaryl/α,β-unsaturated/α-hetero) is 1. The maximum Gasteiger partial charge on any atom is 0.408 e. The van der Waals surface area contributed by atoms with E-state index in [2.05, 4.69) is 31.9 Å².